The summed E-state index contributed by atoms with van der Waals surface area (Å²) in [5.41, 5.74) is 2.93. The van der Waals surface area contributed by atoms with Gasteiger partial charge in [-0.05, 0) is 24.5 Å². The van der Waals surface area contributed by atoms with Gasteiger partial charge >= 0.3 is 0 Å². The summed E-state index contributed by atoms with van der Waals surface area (Å²) in [6, 6.07) is 8.36. The smallest absolute Gasteiger partial charge is 0.0541 e. The number of nitrogens with one attached hydrogen (secondary N) is 1. The number of rotatable bonds is 6. The average molecular weight is 271 g/mol. The van der Waals surface area contributed by atoms with E-state index in [0.717, 1.165) is 21.6 Å². The molecule has 94 valence electrons. The largest absolute Gasteiger partial charge is 0.271 e. The predicted octanol–water partition coefficient (Wildman–Crippen LogP) is 3.45. The van der Waals surface area contributed by atoms with Crippen LogP contribution >= 0.6 is 23.4 Å². The summed E-state index contributed by atoms with van der Waals surface area (Å²) in [5.74, 6) is 7.47. The van der Waals surface area contributed by atoms with Gasteiger partial charge in [-0.2, -0.15) is 0 Å². The lowest BCUT2D eigenvalue weighted by Gasteiger charge is -2.29. The van der Waals surface area contributed by atoms with Crippen LogP contribution < -0.4 is 11.3 Å². The molecule has 0 amide bonds. The van der Waals surface area contributed by atoms with Crippen LogP contribution in [0.15, 0.2) is 29.2 Å². The van der Waals surface area contributed by atoms with Crippen LogP contribution in [0.5, 0.6) is 0 Å². The second-order valence-electron chi connectivity index (χ2n) is 4.64. The maximum absolute atomic E-state index is 6.12. The van der Waals surface area contributed by atoms with Crippen molar-refractivity contribution in [3.05, 3.63) is 29.3 Å². The van der Waals surface area contributed by atoms with Crippen molar-refractivity contribution in [3.63, 3.8) is 0 Å². The van der Waals surface area contributed by atoms with Crippen LogP contribution in [0.4, 0.5) is 0 Å². The van der Waals surface area contributed by atoms with E-state index in [1.165, 1.54) is 25.7 Å². The summed E-state index contributed by atoms with van der Waals surface area (Å²) in [6.45, 7) is 0. The van der Waals surface area contributed by atoms with E-state index in [1.807, 2.05) is 18.2 Å². The molecule has 1 saturated carbocycles. The molecule has 17 heavy (non-hydrogen) atoms. The monoisotopic (exact) mass is 270 g/mol. The van der Waals surface area contributed by atoms with Crippen molar-refractivity contribution in [3.8, 4) is 0 Å². The standard InChI is InChI=1S/C13H19ClN2S/c14-12-6-1-2-7-13(12)17-9-11(16-15)8-10-4-3-5-10/h1-2,6-7,10-11,16H,3-5,8-9,15H2. The zero-order chi connectivity index (χ0) is 12.1. The average Bonchev–Trinajstić information content (AvgIpc) is 2.29. The number of hydrogen-bond donors (Lipinski definition) is 2. The first-order valence-electron chi connectivity index (χ1n) is 6.13. The van der Waals surface area contributed by atoms with Crippen LogP contribution in [-0.4, -0.2) is 11.8 Å². The van der Waals surface area contributed by atoms with Gasteiger partial charge in [0.05, 0.1) is 5.02 Å². The van der Waals surface area contributed by atoms with Crippen molar-refractivity contribution in [2.45, 2.75) is 36.6 Å². The summed E-state index contributed by atoms with van der Waals surface area (Å²) in [6.07, 6.45) is 5.32. The van der Waals surface area contributed by atoms with Gasteiger partial charge in [0.15, 0.2) is 0 Å². The topological polar surface area (TPSA) is 38.0 Å². The molecule has 1 aliphatic rings. The molecule has 0 spiro atoms. The minimum absolute atomic E-state index is 0.390. The highest BCUT2D eigenvalue weighted by atomic mass is 35.5. The van der Waals surface area contributed by atoms with E-state index in [4.69, 9.17) is 17.4 Å². The summed E-state index contributed by atoms with van der Waals surface area (Å²) in [4.78, 5) is 1.14. The number of thioether (sulfide) groups is 1. The fraction of sp³-hybridized carbons (Fsp3) is 0.538. The Balaban J connectivity index is 1.80. The Morgan fingerprint density at radius 1 is 1.41 bits per heavy atom. The fourth-order valence-electron chi connectivity index (χ4n) is 2.07. The first-order chi connectivity index (χ1) is 8.29. The Morgan fingerprint density at radius 3 is 2.76 bits per heavy atom. The fourth-order valence-corrected chi connectivity index (χ4v) is 3.36. The SMILES string of the molecule is NNC(CSc1ccccc1Cl)CC1CCC1. The molecule has 1 atom stereocenters. The lowest BCUT2D eigenvalue weighted by molar-refractivity contribution is 0.268. The quantitative estimate of drug-likeness (QED) is 0.472. The van der Waals surface area contributed by atoms with E-state index < -0.39 is 0 Å². The molecule has 0 aliphatic heterocycles. The van der Waals surface area contributed by atoms with Crippen molar-refractivity contribution < 1.29 is 0 Å². The van der Waals surface area contributed by atoms with Crippen molar-refractivity contribution in [2.75, 3.05) is 5.75 Å². The molecule has 4 heteroatoms. The van der Waals surface area contributed by atoms with E-state index in [-0.39, 0.29) is 0 Å². The zero-order valence-corrected chi connectivity index (χ0v) is 11.4. The van der Waals surface area contributed by atoms with Gasteiger partial charge in [0, 0.05) is 16.7 Å². The van der Waals surface area contributed by atoms with Crippen LogP contribution in [0.3, 0.4) is 0 Å². The first kappa shape index (κ1) is 13.2. The molecule has 2 nitrogen and oxygen atoms in total. The highest BCUT2D eigenvalue weighted by Gasteiger charge is 2.21. The van der Waals surface area contributed by atoms with Gasteiger partial charge in [0.25, 0.3) is 0 Å². The summed E-state index contributed by atoms with van der Waals surface area (Å²) >= 11 is 7.90. The van der Waals surface area contributed by atoms with Gasteiger partial charge in [-0.15, -0.1) is 11.8 Å². The molecule has 3 N–H and O–H groups in total. The van der Waals surface area contributed by atoms with Gasteiger partial charge in [0.2, 0.25) is 0 Å². The molecule has 1 aromatic rings. The summed E-state index contributed by atoms with van der Waals surface area (Å²) in [7, 11) is 0. The Bertz CT molecular complexity index is 355. The highest BCUT2D eigenvalue weighted by molar-refractivity contribution is 7.99. The second kappa shape index (κ2) is 6.64. The minimum atomic E-state index is 0.390. The number of nitrogens with two attached hydrogens (primary N) is 1. The molecular formula is C13H19ClN2S. The Hall–Kier alpha value is -0.220. The van der Waals surface area contributed by atoms with E-state index in [0.29, 0.717) is 6.04 Å². The van der Waals surface area contributed by atoms with Crippen molar-refractivity contribution >= 4 is 23.4 Å². The molecule has 1 aromatic carbocycles. The Labute approximate surface area is 112 Å². The van der Waals surface area contributed by atoms with Gasteiger partial charge < -0.3 is 0 Å². The molecule has 1 fully saturated rings. The highest BCUT2D eigenvalue weighted by Crippen LogP contribution is 2.32. The third kappa shape index (κ3) is 3.88. The molecule has 1 unspecified atom stereocenters. The number of halogens is 1. The number of hydrogen-bond acceptors (Lipinski definition) is 3. The van der Waals surface area contributed by atoms with Crippen molar-refractivity contribution in [1.29, 1.82) is 0 Å². The Morgan fingerprint density at radius 2 is 2.18 bits per heavy atom. The molecule has 0 radical (unpaired) electrons. The van der Waals surface area contributed by atoms with Crippen LogP contribution in [0, 0.1) is 5.92 Å². The second-order valence-corrected chi connectivity index (χ2v) is 6.11. The molecule has 1 aliphatic carbocycles. The molecular weight excluding hydrogens is 252 g/mol. The maximum atomic E-state index is 6.12. The third-order valence-corrected chi connectivity index (χ3v) is 5.03. The minimum Gasteiger partial charge on any atom is -0.271 e. The zero-order valence-electron chi connectivity index (χ0n) is 9.86. The van der Waals surface area contributed by atoms with Crippen LogP contribution in [0.1, 0.15) is 25.7 Å². The lowest BCUT2D eigenvalue weighted by atomic mass is 9.81. The van der Waals surface area contributed by atoms with Crippen molar-refractivity contribution in [1.82, 2.24) is 5.43 Å². The van der Waals surface area contributed by atoms with E-state index in [1.54, 1.807) is 11.8 Å². The van der Waals surface area contributed by atoms with Crippen LogP contribution in [0.25, 0.3) is 0 Å². The van der Waals surface area contributed by atoms with E-state index in [2.05, 4.69) is 11.5 Å². The summed E-state index contributed by atoms with van der Waals surface area (Å²) in [5, 5.41) is 0.830. The maximum Gasteiger partial charge on any atom is 0.0541 e. The van der Waals surface area contributed by atoms with Crippen LogP contribution in [-0.2, 0) is 0 Å². The normalized spacial score (nSPS) is 17.8. The van der Waals surface area contributed by atoms with Crippen LogP contribution in [0.2, 0.25) is 5.02 Å². The molecule has 0 saturated heterocycles. The summed E-state index contributed by atoms with van der Waals surface area (Å²) < 4.78 is 0. The number of hydrazine groups is 1. The molecule has 0 bridgehead atoms. The molecule has 2 rings (SSSR count). The Kier molecular flexibility index (Phi) is 5.16. The molecule has 0 heterocycles. The van der Waals surface area contributed by atoms with Gasteiger partial charge in [0.1, 0.15) is 0 Å². The van der Waals surface area contributed by atoms with Gasteiger partial charge in [-0.25, -0.2) is 0 Å². The molecule has 0 aromatic heterocycles. The van der Waals surface area contributed by atoms with Gasteiger partial charge in [-0.3, -0.25) is 11.3 Å². The van der Waals surface area contributed by atoms with Gasteiger partial charge in [-0.1, -0.05) is 43.0 Å². The van der Waals surface area contributed by atoms with Crippen molar-refractivity contribution in [2.24, 2.45) is 11.8 Å². The first-order valence-corrected chi connectivity index (χ1v) is 7.49. The third-order valence-electron chi connectivity index (χ3n) is 3.35. The number of benzene rings is 1. The van der Waals surface area contributed by atoms with E-state index >= 15 is 0 Å². The lowest BCUT2D eigenvalue weighted by Crippen LogP contribution is -2.39. The van der Waals surface area contributed by atoms with E-state index in [9.17, 15) is 0 Å². The predicted molar refractivity (Wildman–Crippen MR) is 75.2 cm³/mol.